The third kappa shape index (κ3) is 2.49. The quantitative estimate of drug-likeness (QED) is 0.613. The summed E-state index contributed by atoms with van der Waals surface area (Å²) in [6, 6.07) is 0. The van der Waals surface area contributed by atoms with Crippen LogP contribution in [0.4, 0.5) is 0 Å². The van der Waals surface area contributed by atoms with Gasteiger partial charge in [-0.3, -0.25) is 0 Å². The van der Waals surface area contributed by atoms with E-state index >= 15 is 0 Å². The van der Waals surface area contributed by atoms with Crippen molar-refractivity contribution in [2.24, 2.45) is 5.92 Å². The third-order valence-corrected chi connectivity index (χ3v) is 4.89. The van der Waals surface area contributed by atoms with Gasteiger partial charge < -0.3 is 0 Å². The molecule has 1 atom stereocenters. The summed E-state index contributed by atoms with van der Waals surface area (Å²) in [6.45, 7) is 1.89. The highest BCUT2D eigenvalue weighted by Gasteiger charge is 2.51. The lowest BCUT2D eigenvalue weighted by Gasteiger charge is -1.96. The molecule has 1 aromatic rings. The number of aryl methyl sites for hydroxylation is 1. The van der Waals surface area contributed by atoms with Gasteiger partial charge in [-0.15, -0.1) is 23.2 Å². The smallest absolute Gasteiger partial charge is 0.170 e. The molecule has 0 aromatic carbocycles. The predicted molar refractivity (Wildman–Crippen MR) is 57.9 cm³/mol. The fraction of sp³-hybridized carbons (Fsp3) is 0.714. The minimum atomic E-state index is -0.466. The van der Waals surface area contributed by atoms with Crippen LogP contribution in [0.5, 0.6) is 0 Å². The Labute approximate surface area is 95.2 Å². The van der Waals surface area contributed by atoms with Gasteiger partial charge in [0.15, 0.2) is 4.34 Å². The molecular weight excluding hydrogens is 247 g/mol. The summed E-state index contributed by atoms with van der Waals surface area (Å²) in [5.41, 5.74) is 0. The van der Waals surface area contributed by atoms with Crippen LogP contribution in [0.15, 0.2) is 4.34 Å². The van der Waals surface area contributed by atoms with Crippen LogP contribution in [-0.4, -0.2) is 19.4 Å². The van der Waals surface area contributed by atoms with Crippen molar-refractivity contribution < 1.29 is 0 Å². The minimum Gasteiger partial charge on any atom is -0.213 e. The lowest BCUT2D eigenvalue weighted by atomic mass is 10.5. The van der Waals surface area contributed by atoms with E-state index in [1.807, 2.05) is 6.92 Å². The molecule has 0 spiro atoms. The number of aromatic nitrogens is 2. The highest BCUT2D eigenvalue weighted by Crippen LogP contribution is 2.54. The lowest BCUT2D eigenvalue weighted by molar-refractivity contribution is 0.976. The van der Waals surface area contributed by atoms with Crippen molar-refractivity contribution in [2.45, 2.75) is 22.0 Å². The fourth-order valence-corrected chi connectivity index (χ4v) is 3.56. The van der Waals surface area contributed by atoms with Gasteiger partial charge in [0, 0.05) is 11.7 Å². The molecule has 1 aliphatic carbocycles. The maximum absolute atomic E-state index is 5.90. The first kappa shape index (κ1) is 10.0. The van der Waals surface area contributed by atoms with Crippen molar-refractivity contribution >= 4 is 46.5 Å². The predicted octanol–water partition coefficient (Wildman–Crippen LogP) is 3.13. The third-order valence-electron chi connectivity index (χ3n) is 1.87. The number of halogens is 2. The largest absolute Gasteiger partial charge is 0.213 e. The molecule has 0 amide bonds. The van der Waals surface area contributed by atoms with Crippen LogP contribution < -0.4 is 0 Å². The van der Waals surface area contributed by atoms with Gasteiger partial charge >= 0.3 is 0 Å². The summed E-state index contributed by atoms with van der Waals surface area (Å²) in [5.74, 6) is 2.21. The molecule has 13 heavy (non-hydrogen) atoms. The van der Waals surface area contributed by atoms with E-state index < -0.39 is 4.33 Å². The Morgan fingerprint density at radius 2 is 2.38 bits per heavy atom. The van der Waals surface area contributed by atoms with Gasteiger partial charge in [-0.05, 0) is 24.9 Å². The van der Waals surface area contributed by atoms with Gasteiger partial charge in [0.1, 0.15) is 10.2 Å². The van der Waals surface area contributed by atoms with E-state index in [4.69, 9.17) is 23.2 Å². The molecular formula is C7H8Cl2N2S2. The SMILES string of the molecule is Cc1nsc(SCC2CC2(Cl)Cl)n1. The van der Waals surface area contributed by atoms with E-state index in [1.165, 1.54) is 11.5 Å². The second-order valence-electron chi connectivity index (χ2n) is 3.08. The number of rotatable bonds is 3. The zero-order valence-corrected chi connectivity index (χ0v) is 10.1. The minimum absolute atomic E-state index is 0.421. The Hall–Kier alpha value is 0.490. The van der Waals surface area contributed by atoms with Crippen molar-refractivity contribution in [2.75, 3.05) is 5.75 Å². The summed E-state index contributed by atoms with van der Waals surface area (Å²) in [5, 5.41) is 0. The van der Waals surface area contributed by atoms with Crippen LogP contribution in [0.2, 0.25) is 0 Å². The van der Waals surface area contributed by atoms with Gasteiger partial charge in [0.05, 0.1) is 0 Å². The van der Waals surface area contributed by atoms with Gasteiger partial charge in [-0.1, -0.05) is 11.8 Å². The van der Waals surface area contributed by atoms with E-state index in [9.17, 15) is 0 Å². The normalized spacial score (nSPS) is 24.7. The monoisotopic (exact) mass is 254 g/mol. The Kier molecular flexibility index (Phi) is 2.75. The van der Waals surface area contributed by atoms with E-state index in [1.54, 1.807) is 11.8 Å². The molecule has 0 aliphatic heterocycles. The molecule has 0 bridgehead atoms. The maximum atomic E-state index is 5.90. The van der Waals surface area contributed by atoms with E-state index in [0.717, 1.165) is 22.3 Å². The van der Waals surface area contributed by atoms with Crippen LogP contribution in [-0.2, 0) is 0 Å². The first-order valence-electron chi connectivity index (χ1n) is 3.89. The maximum Gasteiger partial charge on any atom is 0.170 e. The van der Waals surface area contributed by atoms with Crippen LogP contribution >= 0.6 is 46.5 Å². The fourth-order valence-electron chi connectivity index (χ4n) is 0.959. The van der Waals surface area contributed by atoms with Crippen LogP contribution in [0.3, 0.4) is 0 Å². The summed E-state index contributed by atoms with van der Waals surface area (Å²) in [7, 11) is 0. The molecule has 1 fully saturated rings. The first-order valence-corrected chi connectivity index (χ1v) is 6.40. The molecule has 1 heterocycles. The summed E-state index contributed by atoms with van der Waals surface area (Å²) in [4.78, 5) is 4.24. The van der Waals surface area contributed by atoms with Gasteiger partial charge in [0.2, 0.25) is 0 Å². The molecule has 0 radical (unpaired) electrons. The number of hydrogen-bond donors (Lipinski definition) is 0. The molecule has 6 heteroatoms. The van der Waals surface area contributed by atoms with Crippen molar-refractivity contribution in [1.29, 1.82) is 0 Å². The lowest BCUT2D eigenvalue weighted by Crippen LogP contribution is -1.92. The second-order valence-corrected chi connectivity index (χ2v) is 6.64. The van der Waals surface area contributed by atoms with Crippen LogP contribution in [0.25, 0.3) is 0 Å². The van der Waals surface area contributed by atoms with E-state index in [-0.39, 0.29) is 0 Å². The number of hydrogen-bond acceptors (Lipinski definition) is 4. The summed E-state index contributed by atoms with van der Waals surface area (Å²) >= 11 is 14.9. The summed E-state index contributed by atoms with van der Waals surface area (Å²) in [6.07, 6.45) is 0.904. The average Bonchev–Trinajstić information content (AvgIpc) is 2.45. The van der Waals surface area contributed by atoms with Gasteiger partial charge in [0.25, 0.3) is 0 Å². The number of nitrogens with zero attached hydrogens (tertiary/aromatic N) is 2. The molecule has 1 aliphatic rings. The van der Waals surface area contributed by atoms with E-state index in [0.29, 0.717) is 5.92 Å². The van der Waals surface area contributed by atoms with Crippen LogP contribution in [0.1, 0.15) is 12.2 Å². The Morgan fingerprint density at radius 3 is 2.85 bits per heavy atom. The van der Waals surface area contributed by atoms with Gasteiger partial charge in [-0.25, -0.2) is 4.98 Å². The van der Waals surface area contributed by atoms with Crippen molar-refractivity contribution in [3.05, 3.63) is 5.82 Å². The molecule has 1 saturated carbocycles. The highest BCUT2D eigenvalue weighted by molar-refractivity contribution is 8.00. The highest BCUT2D eigenvalue weighted by atomic mass is 35.5. The standard InChI is InChI=1S/C7H8Cl2N2S2/c1-4-10-6(13-11-4)12-3-5-2-7(5,8)9/h5H,2-3H2,1H3. The topological polar surface area (TPSA) is 25.8 Å². The zero-order chi connectivity index (χ0) is 9.47. The van der Waals surface area contributed by atoms with E-state index in [2.05, 4.69) is 9.36 Å². The second kappa shape index (κ2) is 3.57. The number of thioether (sulfide) groups is 1. The molecule has 2 rings (SSSR count). The average molecular weight is 255 g/mol. The number of alkyl halides is 2. The van der Waals surface area contributed by atoms with Crippen molar-refractivity contribution in [3.63, 3.8) is 0 Å². The molecule has 1 unspecified atom stereocenters. The molecule has 0 N–H and O–H groups in total. The van der Waals surface area contributed by atoms with Crippen molar-refractivity contribution in [3.8, 4) is 0 Å². The molecule has 1 aromatic heterocycles. The molecule has 2 nitrogen and oxygen atoms in total. The molecule has 72 valence electrons. The summed E-state index contributed by atoms with van der Waals surface area (Å²) < 4.78 is 4.64. The van der Waals surface area contributed by atoms with Crippen LogP contribution in [0, 0.1) is 12.8 Å². The Balaban J connectivity index is 1.81. The Morgan fingerprint density at radius 1 is 1.69 bits per heavy atom. The Bertz CT molecular complexity index is 313. The molecule has 0 saturated heterocycles. The van der Waals surface area contributed by atoms with Gasteiger partial charge in [-0.2, -0.15) is 4.37 Å². The van der Waals surface area contributed by atoms with Crippen molar-refractivity contribution in [1.82, 2.24) is 9.36 Å². The first-order chi connectivity index (χ1) is 6.08. The zero-order valence-electron chi connectivity index (χ0n) is 6.96.